The van der Waals surface area contributed by atoms with Crippen LogP contribution in [0.5, 0.6) is 5.75 Å². The standard InChI is InChI=1S/C28H28N4O2/c33-25-14-13-22(24-12-7-15-29-26(24)25)20-31-16-18-32(19-17-31)27(21-8-3-1-4-9-21)28(34)30-23-10-5-2-6-11-23/h1-15,27,33H,16-20H2,(H,30,34). The van der Waals surface area contributed by atoms with Crippen molar-refractivity contribution in [2.24, 2.45) is 0 Å². The van der Waals surface area contributed by atoms with E-state index in [0.717, 1.165) is 54.9 Å². The number of pyridine rings is 1. The first-order valence-corrected chi connectivity index (χ1v) is 11.6. The first-order valence-electron chi connectivity index (χ1n) is 11.6. The molecule has 1 aliphatic rings. The maximum absolute atomic E-state index is 13.4. The highest BCUT2D eigenvalue weighted by Crippen LogP contribution is 2.28. The Morgan fingerprint density at radius 2 is 1.59 bits per heavy atom. The normalized spacial score (nSPS) is 15.8. The van der Waals surface area contributed by atoms with Gasteiger partial charge in [0.05, 0.1) is 0 Å². The summed E-state index contributed by atoms with van der Waals surface area (Å²) in [4.78, 5) is 22.4. The van der Waals surface area contributed by atoms with Crippen LogP contribution in [0, 0.1) is 0 Å². The summed E-state index contributed by atoms with van der Waals surface area (Å²) in [5.74, 6) is 0.195. The molecule has 0 aliphatic carbocycles. The van der Waals surface area contributed by atoms with Crippen LogP contribution in [0.2, 0.25) is 0 Å². The van der Waals surface area contributed by atoms with E-state index < -0.39 is 0 Å². The maximum atomic E-state index is 13.4. The molecule has 2 N–H and O–H groups in total. The number of phenolic OH excluding ortho intramolecular Hbond substituents is 1. The summed E-state index contributed by atoms with van der Waals surface area (Å²) >= 11 is 0. The van der Waals surface area contributed by atoms with Crippen LogP contribution >= 0.6 is 0 Å². The van der Waals surface area contributed by atoms with Gasteiger partial charge in [-0.05, 0) is 35.4 Å². The molecule has 6 heteroatoms. The summed E-state index contributed by atoms with van der Waals surface area (Å²) in [7, 11) is 0. The van der Waals surface area contributed by atoms with Gasteiger partial charge in [-0.1, -0.05) is 60.7 Å². The van der Waals surface area contributed by atoms with Crippen LogP contribution in [0.1, 0.15) is 17.2 Å². The van der Waals surface area contributed by atoms with Gasteiger partial charge in [0.1, 0.15) is 17.3 Å². The maximum Gasteiger partial charge on any atom is 0.246 e. The fraction of sp³-hybridized carbons (Fsp3) is 0.214. The minimum Gasteiger partial charge on any atom is -0.506 e. The van der Waals surface area contributed by atoms with E-state index in [2.05, 4.69) is 20.1 Å². The molecule has 0 spiro atoms. The SMILES string of the molecule is O=C(Nc1ccccc1)C(c1ccccc1)N1CCN(Cc2ccc(O)c3ncccc23)CC1. The number of piperazine rings is 1. The van der Waals surface area contributed by atoms with Gasteiger partial charge >= 0.3 is 0 Å². The molecule has 1 fully saturated rings. The lowest BCUT2D eigenvalue weighted by molar-refractivity contribution is -0.122. The van der Waals surface area contributed by atoms with Gasteiger partial charge in [0.25, 0.3) is 0 Å². The number of nitrogens with zero attached hydrogens (tertiary/aromatic N) is 3. The Balaban J connectivity index is 1.30. The van der Waals surface area contributed by atoms with Crippen LogP contribution < -0.4 is 5.32 Å². The van der Waals surface area contributed by atoms with Crippen LogP contribution in [0.25, 0.3) is 10.9 Å². The number of benzene rings is 3. The number of carbonyl (C=O) groups excluding carboxylic acids is 1. The Morgan fingerprint density at radius 3 is 2.32 bits per heavy atom. The zero-order valence-corrected chi connectivity index (χ0v) is 19.0. The van der Waals surface area contributed by atoms with Crippen LogP contribution in [0.3, 0.4) is 0 Å². The molecule has 1 aliphatic heterocycles. The fourth-order valence-corrected chi connectivity index (χ4v) is 4.67. The largest absolute Gasteiger partial charge is 0.506 e. The molecule has 4 aromatic rings. The van der Waals surface area contributed by atoms with Crippen molar-refractivity contribution in [1.82, 2.24) is 14.8 Å². The van der Waals surface area contributed by atoms with E-state index in [1.165, 1.54) is 0 Å². The van der Waals surface area contributed by atoms with E-state index in [1.54, 1.807) is 12.3 Å². The number of nitrogens with one attached hydrogen (secondary N) is 1. The number of carbonyl (C=O) groups is 1. The van der Waals surface area contributed by atoms with Crippen molar-refractivity contribution in [2.75, 3.05) is 31.5 Å². The zero-order chi connectivity index (χ0) is 23.3. The summed E-state index contributed by atoms with van der Waals surface area (Å²) in [5, 5.41) is 14.2. The predicted molar refractivity (Wildman–Crippen MR) is 135 cm³/mol. The third kappa shape index (κ3) is 4.78. The van der Waals surface area contributed by atoms with Crippen molar-refractivity contribution in [1.29, 1.82) is 0 Å². The second-order valence-corrected chi connectivity index (χ2v) is 8.62. The summed E-state index contributed by atoms with van der Waals surface area (Å²) in [6.07, 6.45) is 1.70. The molecule has 2 heterocycles. The molecule has 172 valence electrons. The Bertz CT molecular complexity index is 1260. The van der Waals surface area contributed by atoms with Gasteiger partial charge in [-0.3, -0.25) is 19.6 Å². The number of phenols is 1. The highest BCUT2D eigenvalue weighted by molar-refractivity contribution is 5.95. The average molecular weight is 453 g/mol. The Labute approximate surface area is 199 Å². The van der Waals surface area contributed by atoms with Crippen molar-refractivity contribution in [3.63, 3.8) is 0 Å². The van der Waals surface area contributed by atoms with Gasteiger partial charge in [-0.25, -0.2) is 0 Å². The third-order valence-electron chi connectivity index (χ3n) is 6.41. The number of para-hydroxylation sites is 1. The summed E-state index contributed by atoms with van der Waals surface area (Å²) in [6.45, 7) is 4.06. The molecule has 1 saturated heterocycles. The van der Waals surface area contributed by atoms with Crippen molar-refractivity contribution < 1.29 is 9.90 Å². The molecule has 3 aromatic carbocycles. The van der Waals surface area contributed by atoms with Crippen LogP contribution in [0.4, 0.5) is 5.69 Å². The van der Waals surface area contributed by atoms with Crippen molar-refractivity contribution in [2.45, 2.75) is 12.6 Å². The molecule has 1 amide bonds. The Hall–Kier alpha value is -3.74. The number of hydrogen-bond acceptors (Lipinski definition) is 5. The molecule has 34 heavy (non-hydrogen) atoms. The van der Waals surface area contributed by atoms with Gasteiger partial charge in [0.2, 0.25) is 5.91 Å². The highest BCUT2D eigenvalue weighted by Gasteiger charge is 2.30. The fourth-order valence-electron chi connectivity index (χ4n) is 4.67. The van der Waals surface area contributed by atoms with Gasteiger partial charge < -0.3 is 10.4 Å². The summed E-state index contributed by atoms with van der Waals surface area (Å²) < 4.78 is 0. The quantitative estimate of drug-likeness (QED) is 0.453. The van der Waals surface area contributed by atoms with Gasteiger partial charge in [-0.2, -0.15) is 0 Å². The van der Waals surface area contributed by atoms with E-state index in [1.807, 2.05) is 78.9 Å². The summed E-state index contributed by atoms with van der Waals surface area (Å²) in [6, 6.07) is 26.9. The molecule has 1 aromatic heterocycles. The molecule has 0 radical (unpaired) electrons. The van der Waals surface area contributed by atoms with Crippen molar-refractivity contribution >= 4 is 22.5 Å². The van der Waals surface area contributed by atoms with Crippen LogP contribution in [-0.2, 0) is 11.3 Å². The van der Waals surface area contributed by atoms with Crippen molar-refractivity contribution in [3.05, 3.63) is 102 Å². The first-order chi connectivity index (χ1) is 16.7. The lowest BCUT2D eigenvalue weighted by atomic mass is 10.0. The molecule has 1 unspecified atom stereocenters. The Kier molecular flexibility index (Phi) is 6.51. The molecular formula is C28H28N4O2. The molecule has 0 bridgehead atoms. The predicted octanol–water partition coefficient (Wildman–Crippen LogP) is 4.44. The van der Waals surface area contributed by atoms with Gasteiger partial charge in [-0.15, -0.1) is 0 Å². The van der Waals surface area contributed by atoms with E-state index in [-0.39, 0.29) is 17.7 Å². The number of aromatic nitrogens is 1. The molecule has 5 rings (SSSR count). The molecule has 6 nitrogen and oxygen atoms in total. The second-order valence-electron chi connectivity index (χ2n) is 8.62. The number of rotatable bonds is 6. The van der Waals surface area contributed by atoms with Crippen LogP contribution in [-0.4, -0.2) is 52.0 Å². The van der Waals surface area contributed by atoms with Crippen molar-refractivity contribution in [3.8, 4) is 5.75 Å². The molecular weight excluding hydrogens is 424 g/mol. The lowest BCUT2D eigenvalue weighted by Crippen LogP contribution is -2.49. The lowest BCUT2D eigenvalue weighted by Gasteiger charge is -2.39. The topological polar surface area (TPSA) is 68.7 Å². The van der Waals surface area contributed by atoms with E-state index in [4.69, 9.17) is 0 Å². The average Bonchev–Trinajstić information content (AvgIpc) is 2.88. The number of amides is 1. The summed E-state index contributed by atoms with van der Waals surface area (Å²) in [5.41, 5.74) is 3.59. The third-order valence-corrected chi connectivity index (χ3v) is 6.41. The van der Waals surface area contributed by atoms with Gasteiger partial charge in [0.15, 0.2) is 0 Å². The van der Waals surface area contributed by atoms with Crippen LogP contribution in [0.15, 0.2) is 91.1 Å². The first kappa shape index (κ1) is 22.1. The number of hydrogen-bond donors (Lipinski definition) is 2. The number of fused-ring (bicyclic) bond motifs is 1. The smallest absolute Gasteiger partial charge is 0.246 e. The number of anilines is 1. The van der Waals surface area contributed by atoms with E-state index >= 15 is 0 Å². The number of aromatic hydroxyl groups is 1. The highest BCUT2D eigenvalue weighted by atomic mass is 16.3. The van der Waals surface area contributed by atoms with E-state index in [0.29, 0.717) is 5.52 Å². The zero-order valence-electron chi connectivity index (χ0n) is 19.0. The minimum absolute atomic E-state index is 0.0125. The molecule has 0 saturated carbocycles. The Morgan fingerprint density at radius 1 is 0.882 bits per heavy atom. The second kappa shape index (κ2) is 10.0. The van der Waals surface area contributed by atoms with E-state index in [9.17, 15) is 9.90 Å². The molecule has 1 atom stereocenters. The monoisotopic (exact) mass is 452 g/mol. The minimum atomic E-state index is -0.345. The van der Waals surface area contributed by atoms with Gasteiger partial charge in [0, 0.05) is 50.0 Å².